The van der Waals surface area contributed by atoms with E-state index in [0.29, 0.717) is 16.7 Å². The van der Waals surface area contributed by atoms with Gasteiger partial charge >= 0.3 is 6.09 Å². The normalized spacial score (nSPS) is 17.3. The largest absolute Gasteiger partial charge is 0.444 e. The highest BCUT2D eigenvalue weighted by atomic mass is 35.5. The molecule has 2 atom stereocenters. The standard InChI is InChI=1S/C28H28ClF2N5O3/c1-17-13-19(6-5-18-7-9-20(30)10-8-18)14-32-25(17)34-26(37)24-21(29)15-33-36(24)23-11-12-35(16-22(23)31)27(38)39-28(2,3)4/h7-10,13-15,22-23H,11-12,16H2,1-4H3,(H,32,34,37)/t22-,23-/m1/s1. The van der Waals surface area contributed by atoms with Crippen LogP contribution in [-0.4, -0.2) is 56.5 Å². The van der Waals surface area contributed by atoms with Crippen molar-refractivity contribution in [2.45, 2.75) is 51.9 Å². The van der Waals surface area contributed by atoms with Crippen molar-refractivity contribution in [3.05, 3.63) is 75.9 Å². The molecule has 3 aromatic rings. The minimum atomic E-state index is -1.49. The van der Waals surface area contributed by atoms with Crippen molar-refractivity contribution < 1.29 is 23.1 Å². The van der Waals surface area contributed by atoms with Crippen molar-refractivity contribution in [3.63, 3.8) is 0 Å². The zero-order valence-electron chi connectivity index (χ0n) is 22.0. The molecule has 1 fully saturated rings. The summed E-state index contributed by atoms with van der Waals surface area (Å²) in [6, 6.07) is 6.77. The van der Waals surface area contributed by atoms with Crippen LogP contribution in [0.15, 0.2) is 42.7 Å². The average Bonchev–Trinajstić information content (AvgIpc) is 3.25. The van der Waals surface area contributed by atoms with Crippen molar-refractivity contribution in [3.8, 4) is 11.8 Å². The number of rotatable bonds is 3. The molecular weight excluding hydrogens is 528 g/mol. The van der Waals surface area contributed by atoms with Crippen LogP contribution in [0.25, 0.3) is 0 Å². The highest BCUT2D eigenvalue weighted by molar-refractivity contribution is 6.34. The number of pyridine rings is 1. The number of aryl methyl sites for hydroxylation is 1. The van der Waals surface area contributed by atoms with Gasteiger partial charge in [-0.1, -0.05) is 23.4 Å². The van der Waals surface area contributed by atoms with Gasteiger partial charge < -0.3 is 15.0 Å². The first kappa shape index (κ1) is 28.0. The fourth-order valence-corrected chi connectivity index (χ4v) is 4.30. The Morgan fingerprint density at radius 1 is 1.15 bits per heavy atom. The van der Waals surface area contributed by atoms with Gasteiger partial charge in [0.1, 0.15) is 29.1 Å². The molecule has 1 saturated heterocycles. The summed E-state index contributed by atoms with van der Waals surface area (Å²) < 4.78 is 34.9. The third-order valence-corrected chi connectivity index (χ3v) is 6.22. The Kier molecular flexibility index (Phi) is 8.21. The number of carbonyl (C=O) groups is 2. The molecule has 11 heteroatoms. The summed E-state index contributed by atoms with van der Waals surface area (Å²) in [5.41, 5.74) is 1.20. The van der Waals surface area contributed by atoms with Crippen molar-refractivity contribution in [2.24, 2.45) is 0 Å². The van der Waals surface area contributed by atoms with E-state index in [1.807, 2.05) is 0 Å². The molecule has 0 radical (unpaired) electrons. The van der Waals surface area contributed by atoms with Gasteiger partial charge in [0, 0.05) is 23.9 Å². The van der Waals surface area contributed by atoms with Crippen molar-refractivity contribution >= 4 is 29.4 Å². The number of alkyl halides is 1. The smallest absolute Gasteiger partial charge is 0.410 e. The molecule has 0 saturated carbocycles. The second-order valence-electron chi connectivity index (χ2n) is 10.2. The lowest BCUT2D eigenvalue weighted by Crippen LogP contribution is -2.47. The van der Waals surface area contributed by atoms with Gasteiger partial charge in [-0.15, -0.1) is 0 Å². The van der Waals surface area contributed by atoms with Gasteiger partial charge in [0.05, 0.1) is 23.8 Å². The van der Waals surface area contributed by atoms with Crippen LogP contribution in [0.1, 0.15) is 60.4 Å². The predicted molar refractivity (Wildman–Crippen MR) is 143 cm³/mol. The van der Waals surface area contributed by atoms with Gasteiger partial charge in [-0.2, -0.15) is 5.10 Å². The molecule has 0 unspecified atom stereocenters. The van der Waals surface area contributed by atoms with Gasteiger partial charge in [0.25, 0.3) is 5.91 Å². The van der Waals surface area contributed by atoms with Gasteiger partial charge in [-0.25, -0.2) is 18.6 Å². The van der Waals surface area contributed by atoms with Crippen LogP contribution in [0.5, 0.6) is 0 Å². The second-order valence-corrected chi connectivity index (χ2v) is 10.6. The summed E-state index contributed by atoms with van der Waals surface area (Å²) in [4.78, 5) is 31.2. The molecule has 2 aromatic heterocycles. The molecule has 1 aliphatic rings. The summed E-state index contributed by atoms with van der Waals surface area (Å²) in [5, 5.41) is 6.94. The fraction of sp³-hybridized carbons (Fsp3) is 0.357. The van der Waals surface area contributed by atoms with E-state index in [9.17, 15) is 14.0 Å². The number of nitrogens with zero attached hydrogens (tertiary/aromatic N) is 4. The van der Waals surface area contributed by atoms with Gasteiger partial charge in [-0.3, -0.25) is 9.48 Å². The molecule has 1 aromatic carbocycles. The van der Waals surface area contributed by atoms with E-state index in [0.717, 1.165) is 0 Å². The summed E-state index contributed by atoms with van der Waals surface area (Å²) in [5.74, 6) is 5.24. The van der Waals surface area contributed by atoms with Crippen LogP contribution in [-0.2, 0) is 4.74 Å². The molecule has 0 aliphatic carbocycles. The van der Waals surface area contributed by atoms with Crippen LogP contribution in [0.3, 0.4) is 0 Å². The lowest BCUT2D eigenvalue weighted by Gasteiger charge is -2.36. The summed E-state index contributed by atoms with van der Waals surface area (Å²) in [6.45, 7) is 7.03. The maximum atomic E-state index is 15.3. The molecular formula is C28H28ClF2N5O3. The predicted octanol–water partition coefficient (Wildman–Crippen LogP) is 5.55. The molecule has 2 amide bonds. The number of aromatic nitrogens is 3. The first-order valence-corrected chi connectivity index (χ1v) is 12.7. The quantitative estimate of drug-likeness (QED) is 0.428. The Bertz CT molecular complexity index is 1440. The number of piperidine rings is 1. The molecule has 1 aliphatic heterocycles. The van der Waals surface area contributed by atoms with E-state index < -0.39 is 29.8 Å². The second kappa shape index (κ2) is 11.4. The maximum Gasteiger partial charge on any atom is 0.410 e. The van der Waals surface area contributed by atoms with Crippen LogP contribution >= 0.6 is 11.6 Å². The lowest BCUT2D eigenvalue weighted by atomic mass is 10.0. The zero-order chi connectivity index (χ0) is 28.3. The Balaban J connectivity index is 1.46. The average molecular weight is 556 g/mol. The highest BCUT2D eigenvalue weighted by Crippen LogP contribution is 2.30. The number of halogens is 3. The Morgan fingerprint density at radius 2 is 1.85 bits per heavy atom. The number of carbonyl (C=O) groups excluding carboxylic acids is 2. The summed E-state index contributed by atoms with van der Waals surface area (Å²) in [6.07, 6.45) is 0.928. The van der Waals surface area contributed by atoms with Gasteiger partial charge in [0.15, 0.2) is 0 Å². The molecule has 1 N–H and O–H groups in total. The first-order chi connectivity index (χ1) is 18.4. The topological polar surface area (TPSA) is 89.4 Å². The SMILES string of the molecule is Cc1cc(C#Cc2ccc(F)cc2)cnc1NC(=O)c1c(Cl)cnn1[C@@H]1CCN(C(=O)OC(C)(C)C)C[C@H]1F. The number of ether oxygens (including phenoxy) is 1. The molecule has 0 spiro atoms. The highest BCUT2D eigenvalue weighted by Gasteiger charge is 2.37. The van der Waals surface area contributed by atoms with E-state index in [-0.39, 0.29) is 41.9 Å². The number of hydrogen-bond donors (Lipinski definition) is 1. The van der Waals surface area contributed by atoms with Crippen LogP contribution in [0.2, 0.25) is 5.02 Å². The summed E-state index contributed by atoms with van der Waals surface area (Å²) in [7, 11) is 0. The maximum absolute atomic E-state index is 15.3. The molecule has 39 heavy (non-hydrogen) atoms. The molecule has 0 bridgehead atoms. The van der Waals surface area contributed by atoms with E-state index in [4.69, 9.17) is 16.3 Å². The van der Waals surface area contributed by atoms with Crippen molar-refractivity contribution in [2.75, 3.05) is 18.4 Å². The molecule has 8 nitrogen and oxygen atoms in total. The van der Waals surface area contributed by atoms with Crippen LogP contribution < -0.4 is 5.32 Å². The third-order valence-electron chi connectivity index (χ3n) is 5.94. The van der Waals surface area contributed by atoms with Crippen molar-refractivity contribution in [1.82, 2.24) is 19.7 Å². The van der Waals surface area contributed by atoms with Gasteiger partial charge in [0.2, 0.25) is 0 Å². The van der Waals surface area contributed by atoms with Gasteiger partial charge in [-0.05, 0) is 70.0 Å². The number of benzene rings is 1. The van der Waals surface area contributed by atoms with E-state index in [2.05, 4.69) is 27.2 Å². The van der Waals surface area contributed by atoms with Crippen LogP contribution in [0, 0.1) is 24.6 Å². The minimum absolute atomic E-state index is 0.00332. The lowest BCUT2D eigenvalue weighted by molar-refractivity contribution is 0.00551. The van der Waals surface area contributed by atoms with E-state index in [1.54, 1.807) is 45.9 Å². The van der Waals surface area contributed by atoms with Crippen LogP contribution in [0.4, 0.5) is 19.4 Å². The third kappa shape index (κ3) is 6.92. The Hall–Kier alpha value is -3.97. The zero-order valence-corrected chi connectivity index (χ0v) is 22.7. The monoisotopic (exact) mass is 555 g/mol. The summed E-state index contributed by atoms with van der Waals surface area (Å²) >= 11 is 6.29. The number of hydrogen-bond acceptors (Lipinski definition) is 5. The number of nitrogens with one attached hydrogen (secondary N) is 1. The number of anilines is 1. The molecule has 204 valence electrons. The number of likely N-dealkylation sites (tertiary alicyclic amines) is 1. The van der Waals surface area contributed by atoms with E-state index >= 15 is 4.39 Å². The molecule has 3 heterocycles. The minimum Gasteiger partial charge on any atom is -0.444 e. The van der Waals surface area contributed by atoms with E-state index in [1.165, 1.54) is 34.1 Å². The first-order valence-electron chi connectivity index (χ1n) is 12.3. The van der Waals surface area contributed by atoms with Crippen molar-refractivity contribution in [1.29, 1.82) is 0 Å². The molecule has 4 rings (SSSR count). The number of amides is 2. The Morgan fingerprint density at radius 3 is 2.49 bits per heavy atom. The Labute approximate surface area is 230 Å². The fourth-order valence-electron chi connectivity index (χ4n) is 4.08.